The monoisotopic (exact) mass is 310 g/mol. The van der Waals surface area contributed by atoms with E-state index in [1.165, 1.54) is 28.0 Å². The quantitative estimate of drug-likeness (QED) is 0.779. The van der Waals surface area contributed by atoms with Crippen molar-refractivity contribution < 1.29 is 4.79 Å². The van der Waals surface area contributed by atoms with Crippen molar-refractivity contribution in [1.29, 1.82) is 0 Å². The number of carbonyl (C=O) groups excluding carboxylic acids is 1. The number of aryl methyl sites for hydroxylation is 3. The fourth-order valence-electron chi connectivity index (χ4n) is 2.33. The number of nitrogens with one attached hydrogen (secondary N) is 1. The molecule has 1 amide bonds. The predicted octanol–water partition coefficient (Wildman–Crippen LogP) is 4.40. The van der Waals surface area contributed by atoms with Crippen molar-refractivity contribution in [1.82, 2.24) is 4.98 Å². The third kappa shape index (κ3) is 3.02. The average Bonchev–Trinajstić information content (AvgIpc) is 2.89. The highest BCUT2D eigenvalue weighted by atomic mass is 32.1. The summed E-state index contributed by atoms with van der Waals surface area (Å²) < 4.78 is 1.11. The Balaban J connectivity index is 1.76. The van der Waals surface area contributed by atoms with Crippen LogP contribution in [0.25, 0.3) is 10.2 Å². The molecule has 0 bridgehead atoms. The van der Waals surface area contributed by atoms with Crippen LogP contribution in [0.2, 0.25) is 0 Å². The Kier molecular flexibility index (Phi) is 3.94. The van der Waals surface area contributed by atoms with Crippen LogP contribution >= 0.6 is 11.3 Å². The van der Waals surface area contributed by atoms with Crippen molar-refractivity contribution in [2.75, 3.05) is 5.32 Å². The van der Waals surface area contributed by atoms with Gasteiger partial charge < -0.3 is 5.32 Å². The molecule has 2 aromatic carbocycles. The smallest absolute Gasteiger partial charge is 0.230 e. The number of hydrogen-bond acceptors (Lipinski definition) is 3. The van der Waals surface area contributed by atoms with Crippen molar-refractivity contribution in [3.05, 3.63) is 58.7 Å². The summed E-state index contributed by atoms with van der Waals surface area (Å²) in [4.78, 5) is 16.7. The third-order valence-corrected chi connectivity index (χ3v) is 4.75. The first kappa shape index (κ1) is 14.7. The first-order valence-corrected chi connectivity index (χ1v) is 8.07. The first-order chi connectivity index (χ1) is 10.5. The lowest BCUT2D eigenvalue weighted by Crippen LogP contribution is -2.14. The number of nitrogens with zero attached hydrogens (tertiary/aromatic N) is 1. The average molecular weight is 310 g/mol. The number of thiazole rings is 1. The number of aromatic nitrogens is 1. The van der Waals surface area contributed by atoms with Crippen molar-refractivity contribution in [3.8, 4) is 0 Å². The third-order valence-electron chi connectivity index (χ3n) is 3.82. The van der Waals surface area contributed by atoms with Gasteiger partial charge in [0.25, 0.3) is 0 Å². The van der Waals surface area contributed by atoms with Gasteiger partial charge in [-0.05, 0) is 43.5 Å². The van der Waals surface area contributed by atoms with Gasteiger partial charge in [0.05, 0.1) is 16.6 Å². The van der Waals surface area contributed by atoms with Gasteiger partial charge in [0.2, 0.25) is 5.91 Å². The van der Waals surface area contributed by atoms with E-state index in [9.17, 15) is 4.79 Å². The summed E-state index contributed by atoms with van der Waals surface area (Å²) in [5.74, 6) is -0.0303. The first-order valence-electron chi connectivity index (χ1n) is 7.25. The van der Waals surface area contributed by atoms with E-state index < -0.39 is 0 Å². The SMILES string of the molecule is Cc1ccc(CC(=O)Nc2nc3c(C)c(C)ccc3s2)cc1. The molecule has 0 saturated carbocycles. The van der Waals surface area contributed by atoms with Gasteiger partial charge >= 0.3 is 0 Å². The van der Waals surface area contributed by atoms with Crippen LogP contribution in [-0.2, 0) is 11.2 Å². The fourth-order valence-corrected chi connectivity index (χ4v) is 3.28. The summed E-state index contributed by atoms with van der Waals surface area (Å²) in [6, 6.07) is 12.2. The van der Waals surface area contributed by atoms with Crippen LogP contribution in [0.1, 0.15) is 22.3 Å². The number of fused-ring (bicyclic) bond motifs is 1. The molecule has 0 aliphatic heterocycles. The Hall–Kier alpha value is -2.20. The molecule has 0 aliphatic rings. The normalized spacial score (nSPS) is 10.9. The van der Waals surface area contributed by atoms with Crippen molar-refractivity contribution >= 4 is 32.6 Å². The van der Waals surface area contributed by atoms with Gasteiger partial charge in [-0.2, -0.15) is 0 Å². The minimum absolute atomic E-state index is 0.0303. The number of carbonyl (C=O) groups is 1. The number of amides is 1. The highest BCUT2D eigenvalue weighted by Crippen LogP contribution is 2.29. The molecule has 0 atom stereocenters. The topological polar surface area (TPSA) is 42.0 Å². The lowest BCUT2D eigenvalue weighted by Gasteiger charge is -2.02. The molecule has 0 fully saturated rings. The van der Waals surface area contributed by atoms with E-state index in [2.05, 4.69) is 36.3 Å². The molecule has 4 heteroatoms. The van der Waals surface area contributed by atoms with Gasteiger partial charge in [0.15, 0.2) is 5.13 Å². The van der Waals surface area contributed by atoms with Crippen molar-refractivity contribution in [2.24, 2.45) is 0 Å². The summed E-state index contributed by atoms with van der Waals surface area (Å²) in [5, 5.41) is 3.58. The number of rotatable bonds is 3. The molecule has 0 saturated heterocycles. The molecule has 0 aliphatic carbocycles. The van der Waals surface area contributed by atoms with E-state index in [0.29, 0.717) is 11.6 Å². The van der Waals surface area contributed by atoms with Crippen molar-refractivity contribution in [3.63, 3.8) is 0 Å². The van der Waals surface area contributed by atoms with E-state index in [1.54, 1.807) is 0 Å². The molecule has 3 nitrogen and oxygen atoms in total. The van der Waals surface area contributed by atoms with Crippen LogP contribution < -0.4 is 5.32 Å². The zero-order valence-corrected chi connectivity index (χ0v) is 13.8. The molecule has 0 radical (unpaired) electrons. The second-order valence-electron chi connectivity index (χ2n) is 5.58. The summed E-state index contributed by atoms with van der Waals surface area (Å²) in [6.07, 6.45) is 0.369. The maximum absolute atomic E-state index is 12.2. The Morgan fingerprint density at radius 2 is 1.82 bits per heavy atom. The van der Waals surface area contributed by atoms with E-state index in [0.717, 1.165) is 15.8 Å². The molecule has 1 heterocycles. The molecule has 22 heavy (non-hydrogen) atoms. The molecule has 3 rings (SSSR count). The Bertz CT molecular complexity index is 834. The van der Waals surface area contributed by atoms with Crippen LogP contribution in [0, 0.1) is 20.8 Å². The van der Waals surface area contributed by atoms with Crippen LogP contribution in [-0.4, -0.2) is 10.9 Å². The standard InChI is InChI=1S/C18H18N2OS/c1-11-4-7-14(8-5-11)10-16(21)19-18-20-17-13(3)12(2)6-9-15(17)22-18/h4-9H,10H2,1-3H3,(H,19,20,21). The van der Waals surface area contributed by atoms with Gasteiger partial charge in [-0.15, -0.1) is 0 Å². The molecule has 0 unspecified atom stereocenters. The lowest BCUT2D eigenvalue weighted by atomic mass is 10.1. The van der Waals surface area contributed by atoms with Gasteiger partial charge in [0, 0.05) is 0 Å². The highest BCUT2D eigenvalue weighted by molar-refractivity contribution is 7.22. The zero-order valence-electron chi connectivity index (χ0n) is 12.9. The second-order valence-corrected chi connectivity index (χ2v) is 6.61. The molecule has 112 valence electrons. The van der Waals surface area contributed by atoms with Gasteiger partial charge in [-0.3, -0.25) is 4.79 Å². The molecule has 1 N–H and O–H groups in total. The van der Waals surface area contributed by atoms with E-state index in [-0.39, 0.29) is 5.91 Å². The lowest BCUT2D eigenvalue weighted by molar-refractivity contribution is -0.115. The minimum atomic E-state index is -0.0303. The van der Waals surface area contributed by atoms with Crippen LogP contribution in [0.4, 0.5) is 5.13 Å². The van der Waals surface area contributed by atoms with Gasteiger partial charge in [0.1, 0.15) is 0 Å². The molecule has 3 aromatic rings. The van der Waals surface area contributed by atoms with E-state index in [1.807, 2.05) is 31.2 Å². The minimum Gasteiger partial charge on any atom is -0.302 e. The second kappa shape index (κ2) is 5.89. The summed E-state index contributed by atoms with van der Waals surface area (Å²) in [5.41, 5.74) is 5.58. The zero-order chi connectivity index (χ0) is 15.7. The maximum Gasteiger partial charge on any atom is 0.230 e. The Morgan fingerprint density at radius 3 is 2.55 bits per heavy atom. The molecule has 1 aromatic heterocycles. The van der Waals surface area contributed by atoms with Crippen molar-refractivity contribution in [2.45, 2.75) is 27.2 Å². The fraction of sp³-hybridized carbons (Fsp3) is 0.222. The molecule has 0 spiro atoms. The Labute approximate surface area is 134 Å². The Morgan fingerprint density at radius 1 is 1.09 bits per heavy atom. The number of hydrogen-bond donors (Lipinski definition) is 1. The number of benzene rings is 2. The van der Waals surface area contributed by atoms with Gasteiger partial charge in [-0.1, -0.05) is 47.2 Å². The summed E-state index contributed by atoms with van der Waals surface area (Å²) in [7, 11) is 0. The molecular weight excluding hydrogens is 292 g/mol. The largest absolute Gasteiger partial charge is 0.302 e. The maximum atomic E-state index is 12.2. The highest BCUT2D eigenvalue weighted by Gasteiger charge is 2.10. The summed E-state index contributed by atoms with van der Waals surface area (Å²) in [6.45, 7) is 6.17. The number of anilines is 1. The van der Waals surface area contributed by atoms with E-state index in [4.69, 9.17) is 0 Å². The summed E-state index contributed by atoms with van der Waals surface area (Å²) >= 11 is 1.52. The van der Waals surface area contributed by atoms with Gasteiger partial charge in [-0.25, -0.2) is 4.98 Å². The molecular formula is C18H18N2OS. The van der Waals surface area contributed by atoms with E-state index >= 15 is 0 Å². The van der Waals surface area contributed by atoms with Crippen LogP contribution in [0.5, 0.6) is 0 Å². The van der Waals surface area contributed by atoms with Crippen LogP contribution in [0.15, 0.2) is 36.4 Å². The van der Waals surface area contributed by atoms with Crippen LogP contribution in [0.3, 0.4) is 0 Å². The predicted molar refractivity (Wildman–Crippen MR) is 92.6 cm³/mol.